The van der Waals surface area contributed by atoms with Gasteiger partial charge in [-0.25, -0.2) is 9.59 Å². The number of carboxylic acid groups (broad SMARTS) is 1. The maximum atomic E-state index is 14.7. The van der Waals surface area contributed by atoms with Gasteiger partial charge in [0.1, 0.15) is 12.3 Å². The maximum Gasteiger partial charge on any atom is 0.407 e. The summed E-state index contributed by atoms with van der Waals surface area (Å²) in [6, 6.07) is 12.9. The molecule has 1 aliphatic carbocycles. The van der Waals surface area contributed by atoms with E-state index in [9.17, 15) is 39.0 Å². The number of ketones is 1. The van der Waals surface area contributed by atoms with Crippen LogP contribution in [0.25, 0.3) is 0 Å². The third kappa shape index (κ3) is 11.6. The molecule has 294 valence electrons. The van der Waals surface area contributed by atoms with Crippen molar-refractivity contribution in [3.05, 3.63) is 71.8 Å². The lowest BCUT2D eigenvalue weighted by molar-refractivity contribution is -0.144. The second-order valence-electron chi connectivity index (χ2n) is 14.6. The van der Waals surface area contributed by atoms with E-state index in [2.05, 4.69) is 21.3 Å². The highest BCUT2D eigenvalue weighted by Gasteiger charge is 2.46. The molecule has 14 heteroatoms. The standard InChI is InChI=1S/C40H55N5O9/c1-4-14-29(35(47)37(49)41-23-32(46)43-34(39(51)52)28-19-12-7-13-20-28)42-36(48)31-22-21-30(26-15-8-5-9-16-26)45(31)38(50)33(27-17-10-6-11-18-27)44-40(53)54-24-25(2)3/h5,7-9,12-13,15-16,19-20,25,27,29-31,33-34,36,42,48H,4,6,10-11,14,17-18,21-24H2,1-3H3,(H,41,49)(H,43,46)(H,44,53)(H,51,52)/t29?,30-,31+,33+,34?,36?/m1/s1. The molecule has 2 aromatic rings. The van der Waals surface area contributed by atoms with Crippen molar-refractivity contribution in [1.29, 1.82) is 0 Å². The van der Waals surface area contributed by atoms with E-state index in [-0.39, 0.29) is 30.8 Å². The monoisotopic (exact) mass is 749 g/mol. The van der Waals surface area contributed by atoms with Crippen LogP contribution in [0.15, 0.2) is 60.7 Å². The van der Waals surface area contributed by atoms with Gasteiger partial charge in [0.2, 0.25) is 17.6 Å². The van der Waals surface area contributed by atoms with Crippen molar-refractivity contribution in [2.75, 3.05) is 13.2 Å². The fraction of sp³-hybridized carbons (Fsp3) is 0.550. The van der Waals surface area contributed by atoms with Gasteiger partial charge in [-0.1, -0.05) is 107 Å². The molecule has 6 N–H and O–H groups in total. The van der Waals surface area contributed by atoms with Gasteiger partial charge < -0.3 is 35.8 Å². The predicted octanol–water partition coefficient (Wildman–Crippen LogP) is 3.75. The van der Waals surface area contributed by atoms with Crippen LogP contribution in [0.4, 0.5) is 4.79 Å². The highest BCUT2D eigenvalue weighted by atomic mass is 16.5. The Morgan fingerprint density at radius 3 is 2.13 bits per heavy atom. The number of nitrogens with zero attached hydrogens (tertiary/aromatic N) is 1. The third-order valence-electron chi connectivity index (χ3n) is 10.0. The first-order valence-electron chi connectivity index (χ1n) is 19.0. The average molecular weight is 750 g/mol. The highest BCUT2D eigenvalue weighted by molar-refractivity contribution is 6.38. The zero-order valence-corrected chi connectivity index (χ0v) is 31.4. The summed E-state index contributed by atoms with van der Waals surface area (Å²) >= 11 is 0. The lowest BCUT2D eigenvalue weighted by Crippen LogP contribution is -2.60. The van der Waals surface area contributed by atoms with E-state index in [1.165, 1.54) is 0 Å². The molecule has 0 radical (unpaired) electrons. The van der Waals surface area contributed by atoms with Gasteiger partial charge in [-0.2, -0.15) is 0 Å². The van der Waals surface area contributed by atoms with Gasteiger partial charge in [0.05, 0.1) is 31.3 Å². The number of hydrogen-bond donors (Lipinski definition) is 6. The maximum absolute atomic E-state index is 14.7. The second-order valence-corrected chi connectivity index (χ2v) is 14.6. The Bertz CT molecular complexity index is 1570. The fourth-order valence-corrected chi connectivity index (χ4v) is 7.33. The van der Waals surface area contributed by atoms with Crippen LogP contribution < -0.4 is 21.3 Å². The summed E-state index contributed by atoms with van der Waals surface area (Å²) < 4.78 is 5.43. The molecule has 2 aliphatic rings. The summed E-state index contributed by atoms with van der Waals surface area (Å²) in [5.41, 5.74) is 1.20. The topological polar surface area (TPSA) is 203 Å². The zero-order valence-electron chi connectivity index (χ0n) is 31.4. The third-order valence-corrected chi connectivity index (χ3v) is 10.0. The number of benzene rings is 2. The number of hydrogen-bond acceptors (Lipinski definition) is 9. The van der Waals surface area contributed by atoms with Gasteiger partial charge in [0.15, 0.2) is 6.04 Å². The normalized spacial score (nSPS) is 19.6. The van der Waals surface area contributed by atoms with Gasteiger partial charge >= 0.3 is 12.1 Å². The van der Waals surface area contributed by atoms with E-state index >= 15 is 0 Å². The van der Waals surface area contributed by atoms with Gasteiger partial charge in [-0.15, -0.1) is 0 Å². The summed E-state index contributed by atoms with van der Waals surface area (Å²) in [7, 11) is 0. The molecule has 0 bridgehead atoms. The van der Waals surface area contributed by atoms with Crippen LogP contribution in [-0.4, -0.2) is 88.2 Å². The molecule has 2 aromatic carbocycles. The number of nitrogens with one attached hydrogen (secondary N) is 4. The number of Topliss-reactive ketones (excluding diaryl/α,β-unsaturated/α-hetero) is 1. The number of aliphatic carboxylic acids is 1. The molecule has 0 aromatic heterocycles. The largest absolute Gasteiger partial charge is 0.479 e. The first-order valence-corrected chi connectivity index (χ1v) is 19.0. The smallest absolute Gasteiger partial charge is 0.407 e. The Balaban J connectivity index is 1.50. The van der Waals surface area contributed by atoms with Crippen LogP contribution in [-0.2, 0) is 28.7 Å². The number of aliphatic hydroxyl groups excluding tert-OH is 1. The van der Waals surface area contributed by atoms with E-state index < -0.39 is 72.6 Å². The first-order chi connectivity index (χ1) is 25.9. The summed E-state index contributed by atoms with van der Waals surface area (Å²) in [6.45, 7) is 5.20. The van der Waals surface area contributed by atoms with Crippen molar-refractivity contribution in [3.8, 4) is 0 Å². The second kappa shape index (κ2) is 20.6. The quantitative estimate of drug-likeness (QED) is 0.0963. The van der Waals surface area contributed by atoms with Crippen LogP contribution in [0.2, 0.25) is 0 Å². The number of likely N-dealkylation sites (tertiary alicyclic amines) is 1. The predicted molar refractivity (Wildman–Crippen MR) is 200 cm³/mol. The number of aliphatic hydroxyl groups is 1. The Kier molecular flexibility index (Phi) is 16.0. The minimum absolute atomic E-state index is 0.105. The lowest BCUT2D eigenvalue weighted by Gasteiger charge is -2.39. The summed E-state index contributed by atoms with van der Waals surface area (Å²) in [5, 5.41) is 31.7. The van der Waals surface area contributed by atoms with Gasteiger partial charge in [-0.05, 0) is 55.1 Å². The molecule has 6 atom stereocenters. The average Bonchev–Trinajstić information content (AvgIpc) is 3.63. The van der Waals surface area contributed by atoms with Crippen molar-refractivity contribution in [3.63, 3.8) is 0 Å². The molecule has 14 nitrogen and oxygen atoms in total. The number of ether oxygens (including phenoxy) is 1. The first kappa shape index (κ1) is 41.9. The van der Waals surface area contributed by atoms with Crippen LogP contribution in [0.5, 0.6) is 0 Å². The van der Waals surface area contributed by atoms with Gasteiger partial charge in [-0.3, -0.25) is 24.5 Å². The SMILES string of the molecule is CCCC(NC(O)[C@@H]1CC[C@H](c2ccccc2)N1C(=O)[C@@H](NC(=O)OCC(C)C)C1CCCCC1)C(=O)C(=O)NCC(=O)NC(C(=O)O)c1ccccc1. The number of rotatable bonds is 18. The Morgan fingerprint density at radius 1 is 0.870 bits per heavy atom. The van der Waals surface area contributed by atoms with E-state index in [1.54, 1.807) is 35.2 Å². The summed E-state index contributed by atoms with van der Waals surface area (Å²) in [5.74, 6) is -4.49. The number of carbonyl (C=O) groups excluding carboxylic acids is 5. The molecular weight excluding hydrogens is 694 g/mol. The van der Waals surface area contributed by atoms with Crippen molar-refractivity contribution in [2.24, 2.45) is 11.8 Å². The zero-order chi connectivity index (χ0) is 39.2. The summed E-state index contributed by atoms with van der Waals surface area (Å²) in [4.78, 5) is 80.3. The van der Waals surface area contributed by atoms with Crippen molar-refractivity contribution in [2.45, 2.75) is 115 Å². The minimum Gasteiger partial charge on any atom is -0.479 e. The molecule has 3 unspecified atom stereocenters. The highest BCUT2D eigenvalue weighted by Crippen LogP contribution is 2.39. The molecule has 4 amide bonds. The number of carboxylic acids is 1. The molecular formula is C40H55N5O9. The Hall–Kier alpha value is -4.82. The Labute approximate surface area is 316 Å². The molecule has 4 rings (SSSR count). The van der Waals surface area contributed by atoms with E-state index in [1.807, 2.05) is 51.1 Å². The van der Waals surface area contributed by atoms with Crippen molar-refractivity contribution < 1.29 is 43.7 Å². The van der Waals surface area contributed by atoms with E-state index in [4.69, 9.17) is 4.74 Å². The van der Waals surface area contributed by atoms with Crippen LogP contribution in [0.1, 0.15) is 102 Å². The van der Waals surface area contributed by atoms with Gasteiger partial charge in [0, 0.05) is 0 Å². The van der Waals surface area contributed by atoms with Crippen molar-refractivity contribution in [1.82, 2.24) is 26.2 Å². The van der Waals surface area contributed by atoms with E-state index in [0.29, 0.717) is 24.8 Å². The number of carbonyl (C=O) groups is 6. The summed E-state index contributed by atoms with van der Waals surface area (Å²) in [6.07, 6.45) is 3.80. The molecule has 54 heavy (non-hydrogen) atoms. The minimum atomic E-state index is -1.43. The molecule has 1 heterocycles. The molecule has 2 fully saturated rings. The molecule has 0 spiro atoms. The van der Waals surface area contributed by atoms with Crippen LogP contribution in [0.3, 0.4) is 0 Å². The van der Waals surface area contributed by atoms with Gasteiger partial charge in [0.25, 0.3) is 5.91 Å². The van der Waals surface area contributed by atoms with Crippen LogP contribution >= 0.6 is 0 Å². The molecule has 1 saturated heterocycles. The molecule has 1 aliphatic heterocycles. The number of alkyl carbamates (subject to hydrolysis) is 1. The fourth-order valence-electron chi connectivity index (χ4n) is 7.33. The van der Waals surface area contributed by atoms with E-state index in [0.717, 1.165) is 37.7 Å². The Morgan fingerprint density at radius 2 is 1.52 bits per heavy atom. The van der Waals surface area contributed by atoms with Crippen LogP contribution in [0, 0.1) is 11.8 Å². The lowest BCUT2D eigenvalue weighted by atomic mass is 9.83. The number of amides is 4. The van der Waals surface area contributed by atoms with Crippen molar-refractivity contribution >= 4 is 35.6 Å². The molecule has 1 saturated carbocycles.